The van der Waals surface area contributed by atoms with Gasteiger partial charge in [-0.15, -0.1) is 11.3 Å². The van der Waals surface area contributed by atoms with E-state index in [0.29, 0.717) is 5.69 Å². The lowest BCUT2D eigenvalue weighted by Crippen LogP contribution is -2.37. The lowest BCUT2D eigenvalue weighted by atomic mass is 10.00. The lowest BCUT2D eigenvalue weighted by Gasteiger charge is -2.21. The van der Waals surface area contributed by atoms with Crippen LogP contribution in [0.25, 0.3) is 16.0 Å². The Morgan fingerprint density at radius 2 is 2.21 bits per heavy atom. The molecular weight excluding hydrogens is 324 g/mol. The van der Waals surface area contributed by atoms with Crippen LogP contribution in [0.5, 0.6) is 0 Å². The summed E-state index contributed by atoms with van der Waals surface area (Å²) in [6.45, 7) is 9.14. The zero-order chi connectivity index (χ0) is 17.3. The van der Waals surface area contributed by atoms with Gasteiger partial charge in [-0.25, -0.2) is 14.6 Å². The van der Waals surface area contributed by atoms with Crippen molar-refractivity contribution >= 4 is 29.1 Å². The molecule has 1 unspecified atom stereocenters. The van der Waals surface area contributed by atoms with Gasteiger partial charge in [0.25, 0.3) is 0 Å². The van der Waals surface area contributed by atoms with E-state index in [1.165, 1.54) is 23.3 Å². The van der Waals surface area contributed by atoms with E-state index in [-0.39, 0.29) is 12.6 Å². The van der Waals surface area contributed by atoms with Crippen molar-refractivity contribution in [2.24, 2.45) is 10.7 Å². The van der Waals surface area contributed by atoms with Crippen LogP contribution < -0.4 is 5.73 Å². The number of carbonyl (C=O) groups excluding carboxylic acids is 1. The molecule has 2 N–H and O–H groups in total. The van der Waals surface area contributed by atoms with Crippen LogP contribution in [-0.4, -0.2) is 30.6 Å². The van der Waals surface area contributed by atoms with E-state index in [1.54, 1.807) is 6.07 Å². The first-order chi connectivity index (χ1) is 11.4. The maximum Gasteiger partial charge on any atom is 0.416 e. The fourth-order valence-corrected chi connectivity index (χ4v) is 3.42. The molecule has 0 saturated heterocycles. The van der Waals surface area contributed by atoms with Gasteiger partial charge >= 0.3 is 6.09 Å². The predicted octanol–water partition coefficient (Wildman–Crippen LogP) is 3.58. The molecule has 24 heavy (non-hydrogen) atoms. The first-order valence-electron chi connectivity index (χ1n) is 7.26. The van der Waals surface area contributed by atoms with Gasteiger partial charge < -0.3 is 10.5 Å². The highest BCUT2D eigenvalue weighted by Gasteiger charge is 2.34. The van der Waals surface area contributed by atoms with Crippen LogP contribution in [0.3, 0.4) is 0 Å². The molecule has 0 spiro atoms. The monoisotopic (exact) mass is 340 g/mol. The van der Waals surface area contributed by atoms with Gasteiger partial charge in [-0.2, -0.15) is 0 Å². The molecule has 1 aliphatic heterocycles. The van der Waals surface area contributed by atoms with E-state index >= 15 is 0 Å². The minimum atomic E-state index is -0.731. The average Bonchev–Trinajstić information content (AvgIpc) is 3.06. The highest BCUT2D eigenvalue weighted by molar-refractivity contribution is 7.10. The van der Waals surface area contributed by atoms with Crippen molar-refractivity contribution in [3.63, 3.8) is 0 Å². The van der Waals surface area contributed by atoms with Crippen LogP contribution in [0, 0.1) is 6.57 Å². The second-order valence-corrected chi connectivity index (χ2v) is 6.63. The van der Waals surface area contributed by atoms with E-state index in [1.807, 2.05) is 36.6 Å². The number of nitrogens with zero attached hydrogens (tertiary/aromatic N) is 3. The van der Waals surface area contributed by atoms with Crippen molar-refractivity contribution in [3.8, 4) is 11.1 Å². The number of hydrogen-bond donors (Lipinski definition) is 1. The van der Waals surface area contributed by atoms with E-state index in [4.69, 9.17) is 17.0 Å². The van der Waals surface area contributed by atoms with E-state index in [0.717, 1.165) is 16.0 Å². The summed E-state index contributed by atoms with van der Waals surface area (Å²) in [5.41, 5.74) is 7.72. The molecule has 2 aromatic rings. The summed E-state index contributed by atoms with van der Waals surface area (Å²) in [5, 5.41) is 2.01. The minimum absolute atomic E-state index is 0.124. The highest BCUT2D eigenvalue weighted by atomic mass is 32.1. The van der Waals surface area contributed by atoms with Crippen LogP contribution in [0.4, 0.5) is 10.5 Å². The standard InChI is InChI=1S/C17H16N4O2S/c1-17(10-23-16(22)21(3)15(18)20-17)14-8-12(9-24-14)11-5-4-6-13(7-11)19-2/h4-9H,10H2,1,3H3,(H2,18,20). The third-order valence-corrected chi connectivity index (χ3v) is 5.08. The molecule has 1 amide bonds. The van der Waals surface area contributed by atoms with Gasteiger partial charge in [-0.05, 0) is 35.6 Å². The Labute approximate surface area is 144 Å². The lowest BCUT2D eigenvalue weighted by molar-refractivity contribution is 0.113. The molecule has 6 nitrogen and oxygen atoms in total. The predicted molar refractivity (Wildman–Crippen MR) is 94.1 cm³/mol. The molecule has 1 aliphatic rings. The van der Waals surface area contributed by atoms with Gasteiger partial charge in [0.2, 0.25) is 5.96 Å². The van der Waals surface area contributed by atoms with Gasteiger partial charge in [0, 0.05) is 11.9 Å². The van der Waals surface area contributed by atoms with Gasteiger partial charge in [0.05, 0.1) is 6.57 Å². The number of aliphatic imine (C=N–C) groups is 1. The molecule has 0 radical (unpaired) electrons. The summed E-state index contributed by atoms with van der Waals surface area (Å²) in [7, 11) is 1.53. The summed E-state index contributed by atoms with van der Waals surface area (Å²) < 4.78 is 5.27. The van der Waals surface area contributed by atoms with Crippen molar-refractivity contribution in [1.82, 2.24) is 4.90 Å². The van der Waals surface area contributed by atoms with Crippen molar-refractivity contribution in [1.29, 1.82) is 0 Å². The number of rotatable bonds is 2. The van der Waals surface area contributed by atoms with Crippen LogP contribution in [0.2, 0.25) is 0 Å². The zero-order valence-electron chi connectivity index (χ0n) is 13.3. The summed E-state index contributed by atoms with van der Waals surface area (Å²) in [6.07, 6.45) is -0.512. The molecule has 0 bridgehead atoms. The SMILES string of the molecule is [C-]#[N+]c1cccc(-c2csc(C3(C)COC(=O)N(C)C(N)=N3)c2)c1. The third-order valence-electron chi connectivity index (χ3n) is 3.89. The first-order valence-corrected chi connectivity index (χ1v) is 8.13. The summed E-state index contributed by atoms with van der Waals surface area (Å²) in [5.74, 6) is 0.130. The van der Waals surface area contributed by atoms with Gasteiger partial charge in [0.1, 0.15) is 12.1 Å². The molecular formula is C17H16N4O2S. The summed E-state index contributed by atoms with van der Waals surface area (Å²) in [4.78, 5) is 21.8. The number of ether oxygens (including phenoxy) is 1. The number of amides is 1. The third kappa shape index (κ3) is 2.84. The Morgan fingerprint density at radius 1 is 1.42 bits per heavy atom. The van der Waals surface area contributed by atoms with Gasteiger partial charge in [-0.1, -0.05) is 18.2 Å². The average molecular weight is 340 g/mol. The molecule has 1 aromatic heterocycles. The van der Waals surface area contributed by atoms with Crippen LogP contribution in [0.15, 0.2) is 40.7 Å². The zero-order valence-corrected chi connectivity index (χ0v) is 14.1. The van der Waals surface area contributed by atoms with E-state index in [9.17, 15) is 4.79 Å². The Bertz CT molecular complexity index is 867. The molecule has 122 valence electrons. The van der Waals surface area contributed by atoms with Crippen molar-refractivity contribution in [2.45, 2.75) is 12.5 Å². The van der Waals surface area contributed by atoms with Crippen LogP contribution >= 0.6 is 11.3 Å². The van der Waals surface area contributed by atoms with E-state index < -0.39 is 11.6 Å². The molecule has 0 saturated carbocycles. The number of hydrogen-bond acceptors (Lipinski definition) is 5. The molecule has 1 atom stereocenters. The Kier molecular flexibility index (Phi) is 3.99. The van der Waals surface area contributed by atoms with Crippen molar-refractivity contribution in [2.75, 3.05) is 13.7 Å². The largest absolute Gasteiger partial charge is 0.446 e. The summed E-state index contributed by atoms with van der Waals surface area (Å²) >= 11 is 1.53. The molecule has 7 heteroatoms. The summed E-state index contributed by atoms with van der Waals surface area (Å²) in [6, 6.07) is 9.45. The number of cyclic esters (lactones) is 1. The fraction of sp³-hybridized carbons (Fsp3) is 0.235. The molecule has 0 aliphatic carbocycles. The minimum Gasteiger partial charge on any atom is -0.446 e. The fourth-order valence-electron chi connectivity index (χ4n) is 2.40. The topological polar surface area (TPSA) is 72.3 Å². The number of benzene rings is 1. The number of thiophene rings is 1. The van der Waals surface area contributed by atoms with Crippen LogP contribution in [-0.2, 0) is 10.3 Å². The van der Waals surface area contributed by atoms with Crippen molar-refractivity contribution < 1.29 is 9.53 Å². The second kappa shape index (κ2) is 5.98. The second-order valence-electron chi connectivity index (χ2n) is 5.72. The number of carbonyl (C=O) groups is 1. The molecule has 1 aromatic carbocycles. The Morgan fingerprint density at radius 3 is 2.96 bits per heavy atom. The normalized spacial score (nSPS) is 20.8. The van der Waals surface area contributed by atoms with E-state index in [2.05, 4.69) is 9.84 Å². The van der Waals surface area contributed by atoms with Crippen LogP contribution in [0.1, 0.15) is 11.8 Å². The Hall–Kier alpha value is -2.85. The first kappa shape index (κ1) is 16.0. The number of guanidine groups is 1. The maximum absolute atomic E-state index is 11.8. The highest BCUT2D eigenvalue weighted by Crippen LogP contribution is 2.36. The maximum atomic E-state index is 11.8. The van der Waals surface area contributed by atoms with Crippen molar-refractivity contribution in [3.05, 3.63) is 52.0 Å². The Balaban J connectivity index is 1.98. The van der Waals surface area contributed by atoms with Gasteiger partial charge in [0.15, 0.2) is 5.69 Å². The molecule has 0 fully saturated rings. The molecule has 2 heterocycles. The number of nitrogens with two attached hydrogens (primary N) is 1. The smallest absolute Gasteiger partial charge is 0.416 e. The molecule has 3 rings (SSSR count). The van der Waals surface area contributed by atoms with Gasteiger partial charge in [-0.3, -0.25) is 4.90 Å². The quantitative estimate of drug-likeness (QED) is 0.849.